The van der Waals surface area contributed by atoms with Crippen LogP contribution in [-0.2, 0) is 16.4 Å². The SMILES string of the molecule is CC(C)(C(=O)O)c1cc(C(F)(F)F)cnc1Cl. The van der Waals surface area contributed by atoms with E-state index in [9.17, 15) is 18.0 Å². The van der Waals surface area contributed by atoms with Gasteiger partial charge in [0, 0.05) is 11.8 Å². The first-order valence-corrected chi connectivity index (χ1v) is 4.91. The van der Waals surface area contributed by atoms with Gasteiger partial charge in [-0.3, -0.25) is 4.79 Å². The summed E-state index contributed by atoms with van der Waals surface area (Å²) in [5.41, 5.74) is -2.72. The van der Waals surface area contributed by atoms with Crippen LogP contribution in [0.3, 0.4) is 0 Å². The number of hydrogen-bond acceptors (Lipinski definition) is 2. The second-order valence-corrected chi connectivity index (χ2v) is 4.35. The highest BCUT2D eigenvalue weighted by molar-refractivity contribution is 6.30. The van der Waals surface area contributed by atoms with Gasteiger partial charge in [-0.2, -0.15) is 13.2 Å². The fourth-order valence-electron chi connectivity index (χ4n) is 1.16. The third kappa shape index (κ3) is 2.69. The largest absolute Gasteiger partial charge is 0.481 e. The van der Waals surface area contributed by atoms with Gasteiger partial charge in [0.25, 0.3) is 0 Å². The van der Waals surface area contributed by atoms with Crippen LogP contribution in [0.15, 0.2) is 12.3 Å². The molecule has 0 atom stereocenters. The summed E-state index contributed by atoms with van der Waals surface area (Å²) < 4.78 is 37.4. The van der Waals surface area contributed by atoms with E-state index in [1.165, 1.54) is 13.8 Å². The van der Waals surface area contributed by atoms with Crippen molar-refractivity contribution in [1.82, 2.24) is 4.98 Å². The zero-order valence-corrected chi connectivity index (χ0v) is 9.73. The molecule has 0 saturated heterocycles. The maximum Gasteiger partial charge on any atom is 0.417 e. The first-order valence-electron chi connectivity index (χ1n) is 4.53. The lowest BCUT2D eigenvalue weighted by atomic mass is 9.85. The van der Waals surface area contributed by atoms with Gasteiger partial charge in [0.05, 0.1) is 11.0 Å². The van der Waals surface area contributed by atoms with E-state index in [4.69, 9.17) is 16.7 Å². The van der Waals surface area contributed by atoms with Gasteiger partial charge in [-0.1, -0.05) is 11.6 Å². The van der Waals surface area contributed by atoms with E-state index in [1.54, 1.807) is 0 Å². The highest BCUT2D eigenvalue weighted by Crippen LogP contribution is 2.35. The standard InChI is InChI=1S/C10H9ClF3NO2/c1-9(2,8(16)17)6-3-5(10(12,13)14)4-15-7(6)11/h3-4H,1-2H3,(H,16,17). The number of carbonyl (C=O) groups is 1. The number of aliphatic carboxylic acids is 1. The average Bonchev–Trinajstić information content (AvgIpc) is 2.15. The van der Waals surface area contributed by atoms with Gasteiger partial charge in [-0.15, -0.1) is 0 Å². The second-order valence-electron chi connectivity index (χ2n) is 3.99. The molecular formula is C10H9ClF3NO2. The van der Waals surface area contributed by atoms with Crippen LogP contribution in [0.4, 0.5) is 13.2 Å². The van der Waals surface area contributed by atoms with E-state index in [1.807, 2.05) is 0 Å². The molecule has 0 spiro atoms. The summed E-state index contributed by atoms with van der Waals surface area (Å²) in [6.07, 6.45) is -4.01. The lowest BCUT2D eigenvalue weighted by Gasteiger charge is -2.21. The molecule has 0 aliphatic rings. The van der Waals surface area contributed by atoms with Gasteiger partial charge in [-0.05, 0) is 19.9 Å². The number of rotatable bonds is 2. The van der Waals surface area contributed by atoms with Crippen molar-refractivity contribution < 1.29 is 23.1 Å². The van der Waals surface area contributed by atoms with E-state index in [0.29, 0.717) is 12.3 Å². The van der Waals surface area contributed by atoms with Gasteiger partial charge >= 0.3 is 12.1 Å². The monoisotopic (exact) mass is 267 g/mol. The third-order valence-electron chi connectivity index (χ3n) is 2.37. The van der Waals surface area contributed by atoms with Gasteiger partial charge in [-0.25, -0.2) is 4.98 Å². The van der Waals surface area contributed by atoms with Crippen molar-refractivity contribution in [3.63, 3.8) is 0 Å². The number of pyridine rings is 1. The molecule has 94 valence electrons. The lowest BCUT2D eigenvalue weighted by molar-refractivity contribution is -0.143. The molecule has 0 saturated carbocycles. The zero-order valence-electron chi connectivity index (χ0n) is 8.97. The Labute approximate surface area is 100 Å². The zero-order chi connectivity index (χ0) is 13.4. The molecule has 0 bridgehead atoms. The minimum atomic E-state index is -4.58. The molecule has 17 heavy (non-hydrogen) atoms. The summed E-state index contributed by atoms with van der Waals surface area (Å²) in [5.74, 6) is -1.28. The Morgan fingerprint density at radius 2 is 1.94 bits per heavy atom. The molecule has 1 rings (SSSR count). The third-order valence-corrected chi connectivity index (χ3v) is 2.68. The van der Waals surface area contributed by atoms with E-state index in [0.717, 1.165) is 0 Å². The highest BCUT2D eigenvalue weighted by atomic mass is 35.5. The number of halogens is 4. The van der Waals surface area contributed by atoms with Crippen LogP contribution in [0.5, 0.6) is 0 Å². The van der Waals surface area contributed by atoms with E-state index in [-0.39, 0.29) is 10.7 Å². The Balaban J connectivity index is 3.39. The molecule has 1 aromatic rings. The molecule has 3 nitrogen and oxygen atoms in total. The second kappa shape index (κ2) is 4.18. The predicted octanol–water partition coefficient (Wildman–Crippen LogP) is 3.12. The van der Waals surface area contributed by atoms with Crippen LogP contribution in [0.2, 0.25) is 5.15 Å². The van der Waals surface area contributed by atoms with Crippen molar-refractivity contribution in [1.29, 1.82) is 0 Å². The van der Waals surface area contributed by atoms with Crippen LogP contribution in [-0.4, -0.2) is 16.1 Å². The fraction of sp³-hybridized carbons (Fsp3) is 0.400. The van der Waals surface area contributed by atoms with Gasteiger partial charge in [0.15, 0.2) is 0 Å². The molecule has 0 aromatic carbocycles. The smallest absolute Gasteiger partial charge is 0.417 e. The van der Waals surface area contributed by atoms with Crippen LogP contribution in [0.25, 0.3) is 0 Å². The van der Waals surface area contributed by atoms with Crippen molar-refractivity contribution in [2.75, 3.05) is 0 Å². The summed E-state index contributed by atoms with van der Waals surface area (Å²) >= 11 is 5.63. The maximum atomic E-state index is 12.5. The summed E-state index contributed by atoms with van der Waals surface area (Å²) in [7, 11) is 0. The number of carboxylic acid groups (broad SMARTS) is 1. The van der Waals surface area contributed by atoms with Crippen LogP contribution >= 0.6 is 11.6 Å². The molecule has 0 aliphatic heterocycles. The Kier molecular flexibility index (Phi) is 3.38. The number of alkyl halides is 3. The molecule has 0 aliphatic carbocycles. The van der Waals surface area contributed by atoms with E-state index >= 15 is 0 Å². The normalized spacial score (nSPS) is 12.6. The Hall–Kier alpha value is -1.30. The molecule has 0 radical (unpaired) electrons. The average molecular weight is 268 g/mol. The molecular weight excluding hydrogens is 259 g/mol. The fourth-order valence-corrected chi connectivity index (χ4v) is 1.50. The Morgan fingerprint density at radius 1 is 1.41 bits per heavy atom. The van der Waals surface area contributed by atoms with Crippen molar-refractivity contribution in [3.05, 3.63) is 28.5 Å². The van der Waals surface area contributed by atoms with Gasteiger partial charge < -0.3 is 5.11 Å². The van der Waals surface area contributed by atoms with E-state index < -0.39 is 23.1 Å². The van der Waals surface area contributed by atoms with E-state index in [2.05, 4.69) is 4.98 Å². The first kappa shape index (κ1) is 13.8. The number of aromatic nitrogens is 1. The lowest BCUT2D eigenvalue weighted by Crippen LogP contribution is -2.29. The van der Waals surface area contributed by atoms with Crippen LogP contribution < -0.4 is 0 Å². The summed E-state index contributed by atoms with van der Waals surface area (Å²) in [6, 6.07) is 0.712. The first-order chi connectivity index (χ1) is 7.56. The van der Waals surface area contributed by atoms with Gasteiger partial charge in [0.1, 0.15) is 5.15 Å². The summed E-state index contributed by atoms with van der Waals surface area (Å²) in [5, 5.41) is 8.70. The number of nitrogens with zero attached hydrogens (tertiary/aromatic N) is 1. The van der Waals surface area contributed by atoms with Gasteiger partial charge in [0.2, 0.25) is 0 Å². The van der Waals surface area contributed by atoms with Crippen LogP contribution in [0.1, 0.15) is 25.0 Å². The predicted molar refractivity (Wildman–Crippen MR) is 54.9 cm³/mol. The topological polar surface area (TPSA) is 50.2 Å². The highest BCUT2D eigenvalue weighted by Gasteiger charge is 2.37. The van der Waals surface area contributed by atoms with Crippen molar-refractivity contribution in [2.45, 2.75) is 25.4 Å². The number of carboxylic acids is 1. The minimum absolute atomic E-state index is 0.165. The quantitative estimate of drug-likeness (QED) is 0.838. The van der Waals surface area contributed by atoms with Crippen molar-refractivity contribution >= 4 is 17.6 Å². The Morgan fingerprint density at radius 3 is 2.35 bits per heavy atom. The molecule has 1 N–H and O–H groups in total. The summed E-state index contributed by atoms with van der Waals surface area (Å²) in [4.78, 5) is 14.3. The maximum absolute atomic E-state index is 12.5. The molecule has 7 heteroatoms. The molecule has 1 aromatic heterocycles. The van der Waals surface area contributed by atoms with Crippen molar-refractivity contribution in [2.24, 2.45) is 0 Å². The number of hydrogen-bond donors (Lipinski definition) is 1. The molecule has 0 unspecified atom stereocenters. The summed E-state index contributed by atoms with van der Waals surface area (Å²) in [6.45, 7) is 2.52. The molecule has 0 fully saturated rings. The van der Waals surface area contributed by atoms with Crippen LogP contribution in [0, 0.1) is 0 Å². The molecule has 1 heterocycles. The van der Waals surface area contributed by atoms with Crippen molar-refractivity contribution in [3.8, 4) is 0 Å². The molecule has 0 amide bonds. The Bertz CT molecular complexity index is 457. The minimum Gasteiger partial charge on any atom is -0.481 e.